The highest BCUT2D eigenvalue weighted by atomic mass is 16.2. The average Bonchev–Trinajstić information content (AvgIpc) is 3.17. The predicted molar refractivity (Wildman–Crippen MR) is 98.8 cm³/mol. The molecular formula is C19H27N5O. The summed E-state index contributed by atoms with van der Waals surface area (Å²) in [5.74, 6) is 0.987. The maximum Gasteiger partial charge on any atom is 0.255 e. The highest BCUT2D eigenvalue weighted by Gasteiger charge is 2.25. The van der Waals surface area contributed by atoms with Crippen LogP contribution in [0.15, 0.2) is 37.1 Å². The first-order valence-electron chi connectivity index (χ1n) is 9.09. The molecule has 6 nitrogen and oxygen atoms in total. The Morgan fingerprint density at radius 3 is 2.84 bits per heavy atom. The van der Waals surface area contributed by atoms with Crippen molar-refractivity contribution in [2.45, 2.75) is 45.7 Å². The van der Waals surface area contributed by atoms with E-state index in [1.165, 1.54) is 0 Å². The summed E-state index contributed by atoms with van der Waals surface area (Å²) in [5.41, 5.74) is 0.662. The summed E-state index contributed by atoms with van der Waals surface area (Å²) in [7, 11) is 0. The molecule has 3 heterocycles. The Bertz CT molecular complexity index is 680. The van der Waals surface area contributed by atoms with Gasteiger partial charge in [0, 0.05) is 44.3 Å². The van der Waals surface area contributed by atoms with Gasteiger partial charge in [0.05, 0.1) is 17.9 Å². The number of hydrogen-bond acceptors (Lipinski definition) is 4. The van der Waals surface area contributed by atoms with Crippen LogP contribution in [-0.2, 0) is 0 Å². The molecule has 0 N–H and O–H groups in total. The number of likely N-dealkylation sites (tertiary alicyclic amines) is 1. The van der Waals surface area contributed by atoms with Gasteiger partial charge in [-0.1, -0.05) is 0 Å². The SMILES string of the molecule is CCN(c1ccc(C(=O)N2CCC[C@H](n3ccnc3)C2)cn1)C(C)C. The largest absolute Gasteiger partial charge is 0.354 e. The van der Waals surface area contributed by atoms with Gasteiger partial charge in [0.15, 0.2) is 0 Å². The van der Waals surface area contributed by atoms with Crippen molar-refractivity contribution in [2.24, 2.45) is 0 Å². The van der Waals surface area contributed by atoms with Crippen molar-refractivity contribution < 1.29 is 4.79 Å². The molecule has 1 fully saturated rings. The molecule has 0 spiro atoms. The molecule has 6 heteroatoms. The van der Waals surface area contributed by atoms with E-state index in [-0.39, 0.29) is 5.91 Å². The molecular weight excluding hydrogens is 314 g/mol. The van der Waals surface area contributed by atoms with Crippen LogP contribution in [0.4, 0.5) is 5.82 Å². The van der Waals surface area contributed by atoms with Crippen molar-refractivity contribution in [1.82, 2.24) is 19.4 Å². The quantitative estimate of drug-likeness (QED) is 0.839. The third-order valence-corrected chi connectivity index (χ3v) is 4.88. The van der Waals surface area contributed by atoms with E-state index in [1.54, 1.807) is 12.4 Å². The number of imidazole rings is 1. The topological polar surface area (TPSA) is 54.3 Å². The second-order valence-corrected chi connectivity index (χ2v) is 6.84. The van der Waals surface area contributed by atoms with Gasteiger partial charge >= 0.3 is 0 Å². The Morgan fingerprint density at radius 1 is 1.40 bits per heavy atom. The number of hydrogen-bond donors (Lipinski definition) is 0. The minimum absolute atomic E-state index is 0.0662. The predicted octanol–water partition coefficient (Wildman–Crippen LogP) is 2.99. The van der Waals surface area contributed by atoms with Gasteiger partial charge in [0.1, 0.15) is 5.82 Å². The highest BCUT2D eigenvalue weighted by Crippen LogP contribution is 2.23. The molecule has 134 valence electrons. The second-order valence-electron chi connectivity index (χ2n) is 6.84. The lowest BCUT2D eigenvalue weighted by atomic mass is 10.0. The molecule has 1 aliphatic heterocycles. The van der Waals surface area contributed by atoms with E-state index in [4.69, 9.17) is 0 Å². The monoisotopic (exact) mass is 341 g/mol. The van der Waals surface area contributed by atoms with E-state index in [0.29, 0.717) is 17.6 Å². The minimum Gasteiger partial charge on any atom is -0.354 e. The molecule has 0 saturated carbocycles. The molecule has 0 aliphatic carbocycles. The van der Waals surface area contributed by atoms with E-state index in [1.807, 2.05) is 29.6 Å². The number of pyridine rings is 1. The maximum atomic E-state index is 12.8. The number of anilines is 1. The molecule has 0 radical (unpaired) electrons. The maximum absolute atomic E-state index is 12.8. The smallest absolute Gasteiger partial charge is 0.255 e. The van der Waals surface area contributed by atoms with Gasteiger partial charge in [-0.2, -0.15) is 0 Å². The van der Waals surface area contributed by atoms with E-state index in [2.05, 4.69) is 40.2 Å². The molecule has 0 bridgehead atoms. The minimum atomic E-state index is 0.0662. The molecule has 2 aromatic rings. The van der Waals surface area contributed by atoms with Gasteiger partial charge < -0.3 is 14.4 Å². The first kappa shape index (κ1) is 17.5. The number of carbonyl (C=O) groups is 1. The molecule has 1 aliphatic rings. The van der Waals surface area contributed by atoms with Gasteiger partial charge in [-0.15, -0.1) is 0 Å². The van der Waals surface area contributed by atoms with Crippen LogP contribution in [0.5, 0.6) is 0 Å². The van der Waals surface area contributed by atoms with Crippen molar-refractivity contribution in [3.05, 3.63) is 42.6 Å². The number of aromatic nitrogens is 3. The molecule has 0 aromatic carbocycles. The molecule has 2 aromatic heterocycles. The van der Waals surface area contributed by atoms with Crippen LogP contribution in [0.3, 0.4) is 0 Å². The van der Waals surface area contributed by atoms with Crippen LogP contribution in [0.2, 0.25) is 0 Å². The Hall–Kier alpha value is -2.37. The summed E-state index contributed by atoms with van der Waals surface area (Å²) in [4.78, 5) is 25.6. The van der Waals surface area contributed by atoms with Crippen LogP contribution < -0.4 is 4.90 Å². The summed E-state index contributed by atoms with van der Waals surface area (Å²) in [6.07, 6.45) is 9.40. The highest BCUT2D eigenvalue weighted by molar-refractivity contribution is 5.94. The fourth-order valence-electron chi connectivity index (χ4n) is 3.52. The molecule has 1 amide bonds. The van der Waals surface area contributed by atoms with Crippen LogP contribution in [0.1, 0.15) is 50.0 Å². The van der Waals surface area contributed by atoms with Crippen molar-refractivity contribution in [3.8, 4) is 0 Å². The second kappa shape index (κ2) is 7.68. The Balaban J connectivity index is 1.70. The molecule has 1 atom stereocenters. The lowest BCUT2D eigenvalue weighted by Crippen LogP contribution is -2.40. The molecule has 3 rings (SSSR count). The van der Waals surface area contributed by atoms with Gasteiger partial charge in [-0.05, 0) is 45.7 Å². The van der Waals surface area contributed by atoms with Crippen LogP contribution >= 0.6 is 0 Å². The summed E-state index contributed by atoms with van der Waals surface area (Å²) >= 11 is 0. The van der Waals surface area contributed by atoms with Crippen LogP contribution in [0.25, 0.3) is 0 Å². The van der Waals surface area contributed by atoms with E-state index in [0.717, 1.165) is 38.3 Å². The fraction of sp³-hybridized carbons (Fsp3) is 0.526. The molecule has 1 saturated heterocycles. The van der Waals surface area contributed by atoms with Crippen molar-refractivity contribution >= 4 is 11.7 Å². The zero-order valence-corrected chi connectivity index (χ0v) is 15.3. The summed E-state index contributed by atoms with van der Waals surface area (Å²) in [6.45, 7) is 8.84. The number of rotatable bonds is 5. The summed E-state index contributed by atoms with van der Waals surface area (Å²) in [6, 6.07) is 4.55. The number of amides is 1. The average molecular weight is 341 g/mol. The Kier molecular flexibility index (Phi) is 5.36. The van der Waals surface area contributed by atoms with Crippen LogP contribution in [0, 0.1) is 0 Å². The van der Waals surface area contributed by atoms with E-state index >= 15 is 0 Å². The number of carbonyl (C=O) groups excluding carboxylic acids is 1. The van der Waals surface area contributed by atoms with Gasteiger partial charge in [-0.25, -0.2) is 9.97 Å². The fourth-order valence-corrected chi connectivity index (χ4v) is 3.52. The van der Waals surface area contributed by atoms with Gasteiger partial charge in [0.25, 0.3) is 5.91 Å². The van der Waals surface area contributed by atoms with Gasteiger partial charge in [0.2, 0.25) is 0 Å². The van der Waals surface area contributed by atoms with Gasteiger partial charge in [-0.3, -0.25) is 4.79 Å². The lowest BCUT2D eigenvalue weighted by molar-refractivity contribution is 0.0679. The first-order valence-corrected chi connectivity index (χ1v) is 9.09. The Labute approximate surface area is 149 Å². The number of nitrogens with zero attached hydrogens (tertiary/aromatic N) is 5. The van der Waals surface area contributed by atoms with E-state index in [9.17, 15) is 4.79 Å². The zero-order chi connectivity index (χ0) is 17.8. The standard InChI is InChI=1S/C19H27N5O/c1-4-24(15(2)3)18-8-7-16(12-21-18)19(25)22-10-5-6-17(13-22)23-11-9-20-14-23/h7-9,11-12,14-15,17H,4-6,10,13H2,1-3H3/t17-/m0/s1. The zero-order valence-electron chi connectivity index (χ0n) is 15.3. The third-order valence-electron chi connectivity index (χ3n) is 4.88. The molecule has 25 heavy (non-hydrogen) atoms. The van der Waals surface area contributed by atoms with Crippen molar-refractivity contribution in [3.63, 3.8) is 0 Å². The van der Waals surface area contributed by atoms with Crippen LogP contribution in [-0.4, -0.2) is 51.0 Å². The summed E-state index contributed by atoms with van der Waals surface area (Å²) in [5, 5.41) is 0. The lowest BCUT2D eigenvalue weighted by Gasteiger charge is -2.33. The van der Waals surface area contributed by atoms with E-state index < -0.39 is 0 Å². The Morgan fingerprint density at radius 2 is 2.24 bits per heavy atom. The summed E-state index contributed by atoms with van der Waals surface area (Å²) < 4.78 is 2.10. The third kappa shape index (κ3) is 3.83. The van der Waals surface area contributed by atoms with Crippen molar-refractivity contribution in [2.75, 3.05) is 24.5 Å². The normalized spacial score (nSPS) is 17.8. The number of piperidine rings is 1. The van der Waals surface area contributed by atoms with Crippen molar-refractivity contribution in [1.29, 1.82) is 0 Å². The molecule has 0 unspecified atom stereocenters. The first-order chi connectivity index (χ1) is 12.1.